The smallest absolute Gasteiger partial charge is 0.350 e. The lowest BCUT2D eigenvalue weighted by atomic mass is 10.1. The van der Waals surface area contributed by atoms with Crippen molar-refractivity contribution in [3.63, 3.8) is 0 Å². The van der Waals surface area contributed by atoms with Gasteiger partial charge >= 0.3 is 5.69 Å². The fourth-order valence-electron chi connectivity index (χ4n) is 2.88. The highest BCUT2D eigenvalue weighted by Gasteiger charge is 2.16. The fourth-order valence-corrected chi connectivity index (χ4v) is 2.88. The number of hydrogen-bond donors (Lipinski definition) is 1. The minimum atomic E-state index is -0.254. The number of nitrogens with zero attached hydrogens (tertiary/aromatic N) is 3. The number of pyridine rings is 1. The van der Waals surface area contributed by atoms with Crippen LogP contribution in [0.3, 0.4) is 0 Å². The van der Waals surface area contributed by atoms with Crippen molar-refractivity contribution in [1.82, 2.24) is 19.5 Å². The number of nitrogens with one attached hydrogen (secondary N) is 1. The van der Waals surface area contributed by atoms with Gasteiger partial charge in [0.1, 0.15) is 13.2 Å². The monoisotopic (exact) mass is 354 g/mol. The Morgan fingerprint density at radius 1 is 1.15 bits per heavy atom. The van der Waals surface area contributed by atoms with Crippen LogP contribution in [0.1, 0.15) is 12.0 Å². The molecule has 0 atom stereocenters. The van der Waals surface area contributed by atoms with E-state index in [1.54, 1.807) is 18.3 Å². The van der Waals surface area contributed by atoms with Crippen molar-refractivity contribution in [2.45, 2.75) is 19.5 Å². The van der Waals surface area contributed by atoms with Gasteiger partial charge < -0.3 is 14.8 Å². The normalized spacial score (nSPS) is 12.9. The van der Waals surface area contributed by atoms with Crippen LogP contribution in [0.5, 0.6) is 11.5 Å². The molecule has 26 heavy (non-hydrogen) atoms. The van der Waals surface area contributed by atoms with E-state index in [4.69, 9.17) is 9.47 Å². The Labute approximate surface area is 149 Å². The van der Waals surface area contributed by atoms with Crippen LogP contribution in [0.25, 0.3) is 5.65 Å². The Hall–Kier alpha value is -3.29. The zero-order chi connectivity index (χ0) is 17.9. The van der Waals surface area contributed by atoms with E-state index < -0.39 is 0 Å². The first-order valence-electron chi connectivity index (χ1n) is 8.41. The third-order valence-electron chi connectivity index (χ3n) is 4.16. The Bertz CT molecular complexity index is 1010. The maximum absolute atomic E-state index is 12.2. The number of aromatic nitrogens is 3. The van der Waals surface area contributed by atoms with Gasteiger partial charge in [0.25, 0.3) is 0 Å². The van der Waals surface area contributed by atoms with Gasteiger partial charge in [-0.1, -0.05) is 18.2 Å². The molecule has 1 aromatic carbocycles. The molecule has 134 valence electrons. The number of para-hydroxylation sites is 1. The van der Waals surface area contributed by atoms with Crippen LogP contribution in [0, 0.1) is 0 Å². The first-order valence-corrected chi connectivity index (χ1v) is 8.41. The van der Waals surface area contributed by atoms with Crippen molar-refractivity contribution in [2.24, 2.45) is 0 Å². The van der Waals surface area contributed by atoms with Gasteiger partial charge in [-0.05, 0) is 18.2 Å². The van der Waals surface area contributed by atoms with Crippen molar-refractivity contribution in [3.8, 4) is 11.5 Å². The molecular formula is C18H18N4O4. The molecular weight excluding hydrogens is 336 g/mol. The lowest BCUT2D eigenvalue weighted by molar-refractivity contribution is -0.121. The number of rotatable bonds is 5. The number of fused-ring (bicyclic) bond motifs is 2. The van der Waals surface area contributed by atoms with Gasteiger partial charge in [0, 0.05) is 24.7 Å². The molecule has 3 aromatic rings. The van der Waals surface area contributed by atoms with E-state index in [0.29, 0.717) is 36.9 Å². The second kappa shape index (κ2) is 6.91. The molecule has 0 unspecified atom stereocenters. The zero-order valence-electron chi connectivity index (χ0n) is 14.1. The van der Waals surface area contributed by atoms with Crippen LogP contribution in [0.4, 0.5) is 0 Å². The molecule has 0 saturated heterocycles. The van der Waals surface area contributed by atoms with Crippen molar-refractivity contribution >= 4 is 11.6 Å². The summed E-state index contributed by atoms with van der Waals surface area (Å²) in [6, 6.07) is 10.9. The van der Waals surface area contributed by atoms with Gasteiger partial charge in [0.05, 0.1) is 6.54 Å². The molecule has 1 amide bonds. The van der Waals surface area contributed by atoms with Crippen LogP contribution >= 0.6 is 0 Å². The molecule has 0 fully saturated rings. The second-order valence-electron chi connectivity index (χ2n) is 5.90. The zero-order valence-corrected chi connectivity index (χ0v) is 14.1. The van der Waals surface area contributed by atoms with Crippen LogP contribution in [0.15, 0.2) is 47.4 Å². The number of benzene rings is 1. The van der Waals surface area contributed by atoms with Crippen molar-refractivity contribution in [1.29, 1.82) is 0 Å². The molecule has 0 bridgehead atoms. The molecule has 0 radical (unpaired) electrons. The van der Waals surface area contributed by atoms with E-state index in [0.717, 1.165) is 5.56 Å². The molecule has 1 aliphatic heterocycles. The summed E-state index contributed by atoms with van der Waals surface area (Å²) in [5, 5.41) is 7.06. The van der Waals surface area contributed by atoms with E-state index in [9.17, 15) is 9.59 Å². The predicted molar refractivity (Wildman–Crippen MR) is 93.3 cm³/mol. The largest absolute Gasteiger partial charge is 0.486 e. The lowest BCUT2D eigenvalue weighted by Crippen LogP contribution is -2.28. The molecule has 2 aromatic heterocycles. The molecule has 4 rings (SSSR count). The quantitative estimate of drug-likeness (QED) is 0.738. The summed E-state index contributed by atoms with van der Waals surface area (Å²) in [5.74, 6) is 1.21. The SMILES string of the molecule is O=C(CCn1nc2ccccn2c1=O)NCc1cccc2c1OCCO2. The fraction of sp³-hybridized carbons (Fsp3) is 0.278. The Kier molecular flexibility index (Phi) is 4.30. The van der Waals surface area contributed by atoms with Crippen LogP contribution < -0.4 is 20.5 Å². The van der Waals surface area contributed by atoms with Gasteiger partial charge in [-0.3, -0.25) is 9.20 Å². The van der Waals surface area contributed by atoms with E-state index in [1.807, 2.05) is 24.3 Å². The average molecular weight is 354 g/mol. The average Bonchev–Trinajstić information content (AvgIpc) is 3.01. The van der Waals surface area contributed by atoms with Crippen molar-refractivity contribution in [2.75, 3.05) is 13.2 Å². The predicted octanol–water partition coefficient (Wildman–Crippen LogP) is 0.974. The summed E-state index contributed by atoms with van der Waals surface area (Å²) in [5.41, 5.74) is 1.17. The first kappa shape index (κ1) is 16.2. The summed E-state index contributed by atoms with van der Waals surface area (Å²) in [7, 11) is 0. The Balaban J connectivity index is 1.37. The maximum Gasteiger partial charge on any atom is 0.350 e. The molecule has 3 heterocycles. The summed E-state index contributed by atoms with van der Waals surface area (Å²) in [4.78, 5) is 24.3. The standard InChI is InChI=1S/C18H18N4O4/c23-16(7-9-22-18(24)21-8-2-1-6-15(21)20-22)19-12-13-4-3-5-14-17(13)26-11-10-25-14/h1-6,8H,7,9-12H2,(H,19,23). The van der Waals surface area contributed by atoms with Gasteiger partial charge in [-0.2, -0.15) is 0 Å². The minimum Gasteiger partial charge on any atom is -0.486 e. The maximum atomic E-state index is 12.2. The highest BCUT2D eigenvalue weighted by atomic mass is 16.6. The number of ether oxygens (including phenoxy) is 2. The van der Waals surface area contributed by atoms with Crippen molar-refractivity contribution < 1.29 is 14.3 Å². The Morgan fingerprint density at radius 3 is 2.92 bits per heavy atom. The van der Waals surface area contributed by atoms with Gasteiger partial charge in [0.2, 0.25) is 5.91 Å². The number of aryl methyl sites for hydroxylation is 1. The third kappa shape index (κ3) is 3.13. The van der Waals surface area contributed by atoms with Crippen LogP contribution in [-0.4, -0.2) is 33.3 Å². The topological polar surface area (TPSA) is 86.9 Å². The summed E-state index contributed by atoms with van der Waals surface area (Å²) >= 11 is 0. The number of hydrogen-bond acceptors (Lipinski definition) is 5. The molecule has 0 saturated carbocycles. The molecule has 8 heteroatoms. The molecule has 8 nitrogen and oxygen atoms in total. The van der Waals surface area contributed by atoms with E-state index in [2.05, 4.69) is 10.4 Å². The number of carbonyl (C=O) groups is 1. The molecule has 1 aliphatic rings. The highest BCUT2D eigenvalue weighted by molar-refractivity contribution is 5.75. The minimum absolute atomic E-state index is 0.163. The highest BCUT2D eigenvalue weighted by Crippen LogP contribution is 2.33. The van der Waals surface area contributed by atoms with E-state index >= 15 is 0 Å². The van der Waals surface area contributed by atoms with Crippen LogP contribution in [0.2, 0.25) is 0 Å². The second-order valence-corrected chi connectivity index (χ2v) is 5.90. The number of carbonyl (C=O) groups excluding carboxylic acids is 1. The molecule has 1 N–H and O–H groups in total. The molecule has 0 spiro atoms. The number of amides is 1. The van der Waals surface area contributed by atoms with Crippen molar-refractivity contribution in [3.05, 3.63) is 58.6 Å². The summed E-state index contributed by atoms with van der Waals surface area (Å²) < 4.78 is 13.9. The first-order chi connectivity index (χ1) is 12.7. The third-order valence-corrected chi connectivity index (χ3v) is 4.16. The Morgan fingerprint density at radius 2 is 2.04 bits per heavy atom. The van der Waals surface area contributed by atoms with Gasteiger partial charge in [0.15, 0.2) is 17.1 Å². The summed E-state index contributed by atoms with van der Waals surface area (Å²) in [6.07, 6.45) is 1.82. The van der Waals surface area contributed by atoms with E-state index in [1.165, 1.54) is 9.08 Å². The summed E-state index contributed by atoms with van der Waals surface area (Å²) in [6.45, 7) is 1.58. The van der Waals surface area contributed by atoms with Crippen LogP contribution in [-0.2, 0) is 17.9 Å². The van der Waals surface area contributed by atoms with Gasteiger partial charge in [-0.15, -0.1) is 5.10 Å². The molecule has 0 aliphatic carbocycles. The van der Waals surface area contributed by atoms with Gasteiger partial charge in [-0.25, -0.2) is 9.48 Å². The lowest BCUT2D eigenvalue weighted by Gasteiger charge is -2.21. The van der Waals surface area contributed by atoms with E-state index in [-0.39, 0.29) is 24.6 Å².